The van der Waals surface area contributed by atoms with Crippen molar-refractivity contribution in [1.29, 1.82) is 0 Å². The molecule has 1 rings (SSSR count). The maximum absolute atomic E-state index is 11.5. The lowest BCUT2D eigenvalue weighted by atomic mass is 10.2. The Labute approximate surface area is 109 Å². The molecule has 1 aromatic carbocycles. The third-order valence-corrected chi connectivity index (χ3v) is 2.61. The second kappa shape index (κ2) is 6.39. The van der Waals surface area contributed by atoms with Crippen LogP contribution in [0.3, 0.4) is 0 Å². The van der Waals surface area contributed by atoms with Crippen molar-refractivity contribution < 1.29 is 14.3 Å². The lowest BCUT2D eigenvalue weighted by molar-refractivity contribution is -0.469. The van der Waals surface area contributed by atoms with E-state index in [1.165, 1.54) is 6.92 Å². The first-order chi connectivity index (χ1) is 8.04. The van der Waals surface area contributed by atoms with Crippen molar-refractivity contribution in [2.75, 3.05) is 6.61 Å². The van der Waals surface area contributed by atoms with Gasteiger partial charge in [0.15, 0.2) is 6.54 Å². The second-order valence-corrected chi connectivity index (χ2v) is 4.33. The number of benzene rings is 1. The van der Waals surface area contributed by atoms with Gasteiger partial charge in [-0.3, -0.25) is 4.79 Å². The molecule has 0 bridgehead atoms. The van der Waals surface area contributed by atoms with Crippen LogP contribution in [0.4, 0.5) is 0 Å². The fourth-order valence-corrected chi connectivity index (χ4v) is 1.92. The van der Waals surface area contributed by atoms with Crippen molar-refractivity contribution in [3.8, 4) is 5.75 Å². The van der Waals surface area contributed by atoms with Crippen LogP contribution in [-0.4, -0.2) is 23.3 Å². The van der Waals surface area contributed by atoms with E-state index >= 15 is 0 Å². The summed E-state index contributed by atoms with van der Waals surface area (Å²) in [6, 6.07) is 5.47. The van der Waals surface area contributed by atoms with Crippen LogP contribution in [0.1, 0.15) is 19.4 Å². The molecule has 0 radical (unpaired) electrons. The van der Waals surface area contributed by atoms with Crippen LogP contribution in [-0.2, 0) is 11.3 Å². The Kier molecular flexibility index (Phi) is 5.15. The fourth-order valence-electron chi connectivity index (χ4n) is 1.40. The Hall–Kier alpha value is -1.36. The van der Waals surface area contributed by atoms with Gasteiger partial charge in [-0.1, -0.05) is 6.07 Å². The molecule has 0 saturated carbocycles. The fraction of sp³-hybridized carbons (Fsp3) is 0.333. The number of Topliss-reactive ketones (excluding diaryl/α,β-unsaturated/α-hetero) is 1. The third-order valence-electron chi connectivity index (χ3n) is 1.99. The molecule has 0 heterocycles. The Morgan fingerprint density at radius 2 is 2.29 bits per heavy atom. The largest absolute Gasteiger partial charge is 0.623 e. The van der Waals surface area contributed by atoms with Gasteiger partial charge in [0.1, 0.15) is 5.75 Å². The highest BCUT2D eigenvalue weighted by Crippen LogP contribution is 2.29. The second-order valence-electron chi connectivity index (χ2n) is 3.48. The number of carbonyl (C=O) groups excluding carboxylic acids is 1. The summed E-state index contributed by atoms with van der Waals surface area (Å²) < 4.78 is 6.87. The smallest absolute Gasteiger partial charge is 0.217 e. The molecule has 0 saturated heterocycles. The van der Waals surface area contributed by atoms with E-state index in [0.29, 0.717) is 17.1 Å². The van der Waals surface area contributed by atoms with E-state index in [1.54, 1.807) is 6.07 Å². The molecule has 0 spiro atoms. The van der Waals surface area contributed by atoms with Crippen molar-refractivity contribution in [2.45, 2.75) is 20.4 Å². The number of ketones is 1. The highest BCUT2D eigenvalue weighted by Gasteiger charge is 2.11. The zero-order chi connectivity index (χ0) is 12.8. The van der Waals surface area contributed by atoms with Gasteiger partial charge < -0.3 is 9.94 Å². The van der Waals surface area contributed by atoms with Crippen LogP contribution in [0.25, 0.3) is 0 Å². The van der Waals surface area contributed by atoms with E-state index in [1.807, 2.05) is 19.1 Å². The van der Waals surface area contributed by atoms with E-state index in [4.69, 9.17) is 4.74 Å². The number of hydrogen-bond acceptors (Lipinski definition) is 3. The van der Waals surface area contributed by atoms with Gasteiger partial charge in [0.2, 0.25) is 12.0 Å². The minimum absolute atomic E-state index is 0.0916. The predicted octanol–water partition coefficient (Wildman–Crippen LogP) is 2.52. The number of carbonyl (C=O) groups is 1. The molecule has 17 heavy (non-hydrogen) atoms. The first-order valence-corrected chi connectivity index (χ1v) is 6.03. The molecule has 92 valence electrons. The monoisotopic (exact) mass is 299 g/mol. The normalized spacial score (nSPS) is 11.4. The van der Waals surface area contributed by atoms with Gasteiger partial charge in [-0.2, -0.15) is 0 Å². The van der Waals surface area contributed by atoms with Gasteiger partial charge in [0.05, 0.1) is 16.6 Å². The molecule has 0 aliphatic heterocycles. The van der Waals surface area contributed by atoms with E-state index in [2.05, 4.69) is 15.9 Å². The SMILES string of the molecule is CCOc1c(Br)cccc1C/[N+]([O-])=C/C(C)=O. The standard InChI is InChI=1S/C12H14BrNO3/c1-3-17-12-10(5-4-6-11(12)13)8-14(16)7-9(2)15/h4-7H,3,8H2,1-2H3/b14-7-. The quantitative estimate of drug-likeness (QED) is 0.363. The van der Waals surface area contributed by atoms with Crippen LogP contribution in [0, 0.1) is 5.21 Å². The maximum Gasteiger partial charge on any atom is 0.217 e. The first kappa shape index (κ1) is 13.7. The molecule has 1 aromatic rings. The summed E-state index contributed by atoms with van der Waals surface area (Å²) in [6.45, 7) is 3.83. The molecule has 0 unspecified atom stereocenters. The lowest BCUT2D eigenvalue weighted by Gasteiger charge is -2.11. The van der Waals surface area contributed by atoms with E-state index in [0.717, 1.165) is 16.3 Å². The van der Waals surface area contributed by atoms with Crippen LogP contribution < -0.4 is 4.74 Å². The summed E-state index contributed by atoms with van der Waals surface area (Å²) in [7, 11) is 0. The number of halogens is 1. The van der Waals surface area contributed by atoms with Gasteiger partial charge in [-0.15, -0.1) is 0 Å². The Morgan fingerprint density at radius 1 is 1.59 bits per heavy atom. The molecule has 0 N–H and O–H groups in total. The zero-order valence-electron chi connectivity index (χ0n) is 9.77. The molecule has 0 atom stereocenters. The van der Waals surface area contributed by atoms with Crippen LogP contribution in [0.5, 0.6) is 5.75 Å². The summed E-state index contributed by atoms with van der Waals surface area (Å²) in [5, 5.41) is 11.5. The molecule has 0 aliphatic carbocycles. The Morgan fingerprint density at radius 3 is 2.88 bits per heavy atom. The Balaban J connectivity index is 2.98. The van der Waals surface area contributed by atoms with Gasteiger partial charge >= 0.3 is 0 Å². The van der Waals surface area contributed by atoms with Crippen molar-refractivity contribution in [1.82, 2.24) is 0 Å². The molecule has 0 amide bonds. The molecule has 0 fully saturated rings. The van der Waals surface area contributed by atoms with Crippen molar-refractivity contribution in [3.63, 3.8) is 0 Å². The predicted molar refractivity (Wildman–Crippen MR) is 69.4 cm³/mol. The minimum atomic E-state index is -0.270. The van der Waals surface area contributed by atoms with Crippen LogP contribution >= 0.6 is 15.9 Å². The molecule has 0 aliphatic rings. The first-order valence-electron chi connectivity index (χ1n) is 5.24. The van der Waals surface area contributed by atoms with Gasteiger partial charge in [-0.25, -0.2) is 4.74 Å². The number of hydrogen-bond donors (Lipinski definition) is 0. The number of nitrogens with zero attached hydrogens (tertiary/aromatic N) is 1. The zero-order valence-corrected chi connectivity index (χ0v) is 11.4. The molecule has 4 nitrogen and oxygen atoms in total. The van der Waals surface area contributed by atoms with Crippen LogP contribution in [0.2, 0.25) is 0 Å². The Bertz CT molecular complexity index is 443. The molecular weight excluding hydrogens is 286 g/mol. The molecule has 5 heteroatoms. The van der Waals surface area contributed by atoms with E-state index < -0.39 is 0 Å². The summed E-state index contributed by atoms with van der Waals surface area (Å²) in [5.74, 6) is 0.376. The van der Waals surface area contributed by atoms with E-state index in [-0.39, 0.29) is 12.3 Å². The highest BCUT2D eigenvalue weighted by atomic mass is 79.9. The number of rotatable bonds is 5. The van der Waals surface area contributed by atoms with Crippen molar-refractivity contribution >= 4 is 27.9 Å². The maximum atomic E-state index is 11.5. The average molecular weight is 300 g/mol. The summed E-state index contributed by atoms with van der Waals surface area (Å²) in [4.78, 5) is 10.8. The van der Waals surface area contributed by atoms with Crippen LogP contribution in [0.15, 0.2) is 22.7 Å². The topological polar surface area (TPSA) is 52.4 Å². The third kappa shape index (κ3) is 4.19. The number of ether oxygens (including phenoxy) is 1. The van der Waals surface area contributed by atoms with Gasteiger partial charge in [0.25, 0.3) is 0 Å². The average Bonchev–Trinajstić information content (AvgIpc) is 2.22. The highest BCUT2D eigenvalue weighted by molar-refractivity contribution is 9.10. The van der Waals surface area contributed by atoms with E-state index in [9.17, 15) is 10.0 Å². The lowest BCUT2D eigenvalue weighted by Crippen LogP contribution is -2.11. The molecular formula is C12H14BrNO3. The van der Waals surface area contributed by atoms with Crippen molar-refractivity contribution in [2.24, 2.45) is 0 Å². The summed E-state index contributed by atoms with van der Waals surface area (Å²) in [6.07, 6.45) is 1.02. The molecule has 0 aromatic heterocycles. The minimum Gasteiger partial charge on any atom is -0.623 e. The van der Waals surface area contributed by atoms with Gasteiger partial charge in [0, 0.05) is 6.92 Å². The summed E-state index contributed by atoms with van der Waals surface area (Å²) >= 11 is 3.37. The van der Waals surface area contributed by atoms with Crippen molar-refractivity contribution in [3.05, 3.63) is 33.4 Å². The number of para-hydroxylation sites is 1. The van der Waals surface area contributed by atoms with Gasteiger partial charge in [-0.05, 0) is 35.0 Å². The summed E-state index contributed by atoms with van der Waals surface area (Å²) in [5.41, 5.74) is 0.744. The number of hydroxylamine groups is 1.